The van der Waals surface area contributed by atoms with Crippen LogP contribution < -0.4 is 0 Å². The van der Waals surface area contributed by atoms with E-state index in [0.29, 0.717) is 17.5 Å². The van der Waals surface area contributed by atoms with Gasteiger partial charge in [0.25, 0.3) is 0 Å². The Morgan fingerprint density at radius 2 is 0.726 bits per heavy atom. The van der Waals surface area contributed by atoms with E-state index in [4.69, 9.17) is 9.97 Å². The molecule has 0 spiro atoms. The van der Waals surface area contributed by atoms with Gasteiger partial charge in [-0.25, -0.2) is 0 Å². The minimum Gasteiger partial charge on any atom is -0.307 e. The number of pyridine rings is 2. The molecule has 84 heavy (non-hydrogen) atoms. The maximum absolute atomic E-state index is 10.3. The fourth-order valence-corrected chi connectivity index (χ4v) is 13.5. The highest BCUT2D eigenvalue weighted by atomic mass is 15.1. The molecule has 16 aromatic rings. The first-order valence-electron chi connectivity index (χ1n) is 28.3. The van der Waals surface area contributed by atoms with Crippen LogP contribution in [0, 0.1) is 43.4 Å². The van der Waals surface area contributed by atoms with Gasteiger partial charge in [-0.3, -0.25) is 9.97 Å². The van der Waals surface area contributed by atoms with Gasteiger partial charge in [-0.15, -0.1) is 0 Å². The molecule has 0 N–H and O–H groups in total. The molecule has 16 rings (SSSR count). The van der Waals surface area contributed by atoms with Crippen LogP contribution in [0.25, 0.3) is 132 Å². The zero-order chi connectivity index (χ0) is 56.3. The predicted octanol–water partition coefficient (Wildman–Crippen LogP) is 18.5. The largest absolute Gasteiger partial charge is 0.307 e. The van der Waals surface area contributed by atoms with Gasteiger partial charge in [0, 0.05) is 54.2 Å². The van der Waals surface area contributed by atoms with Gasteiger partial charge < -0.3 is 18.3 Å². The highest BCUT2D eigenvalue weighted by Crippen LogP contribution is 2.45. The Kier molecular flexibility index (Phi) is 10.9. The van der Waals surface area contributed by atoms with Crippen molar-refractivity contribution < 1.29 is 0 Å². The zero-order valence-electron chi connectivity index (χ0n) is 46.3. The Balaban J connectivity index is 0.867. The first kappa shape index (κ1) is 48.6. The Morgan fingerprint density at radius 1 is 0.333 bits per heavy atom. The van der Waals surface area contributed by atoms with Crippen LogP contribution in [-0.2, 0) is 6.42 Å². The lowest BCUT2D eigenvalue weighted by Crippen LogP contribution is -2.05. The molecule has 0 saturated carbocycles. The van der Waals surface area contributed by atoms with Gasteiger partial charge in [0.15, 0.2) is 0 Å². The lowest BCUT2D eigenvalue weighted by molar-refractivity contribution is 1.09. The van der Waals surface area contributed by atoms with Crippen molar-refractivity contribution in [1.82, 2.24) is 28.2 Å². The average molecular weight is 1080 g/mol. The van der Waals surface area contributed by atoms with Gasteiger partial charge in [0.05, 0.1) is 115 Å². The van der Waals surface area contributed by atoms with Crippen LogP contribution in [0.5, 0.6) is 0 Å². The fourth-order valence-electron chi connectivity index (χ4n) is 13.5. The summed E-state index contributed by atoms with van der Waals surface area (Å²) in [5.74, 6) is 0. The fraction of sp³-hybridized carbons (Fsp3) is 0.0526. The second-order valence-electron chi connectivity index (χ2n) is 22.3. The van der Waals surface area contributed by atoms with Crippen LogP contribution in [0.4, 0.5) is 0 Å². The van der Waals surface area contributed by atoms with Crippen LogP contribution in [0.15, 0.2) is 237 Å². The van der Waals surface area contributed by atoms with E-state index in [0.717, 1.165) is 111 Å². The van der Waals surface area contributed by atoms with E-state index >= 15 is 0 Å². The molecule has 0 saturated heterocycles. The Hall–Kier alpha value is -11.3. The molecule has 0 aliphatic rings. The minimum absolute atomic E-state index is 0.591. The van der Waals surface area contributed by atoms with E-state index < -0.39 is 0 Å². The molecule has 0 amide bonds. The number of aryl methyl sites for hydroxylation is 3. The lowest BCUT2D eigenvalue weighted by atomic mass is 9.97. The van der Waals surface area contributed by atoms with Gasteiger partial charge in [0.2, 0.25) is 0 Å². The molecule has 0 fully saturated rings. The number of hydrogen-bond acceptors (Lipinski definition) is 4. The Bertz CT molecular complexity index is 5550. The smallest absolute Gasteiger partial charge is 0.0991 e. The molecule has 394 valence electrons. The topological polar surface area (TPSA) is 93.1 Å². The van der Waals surface area contributed by atoms with Crippen molar-refractivity contribution in [3.63, 3.8) is 0 Å². The van der Waals surface area contributed by atoms with Crippen molar-refractivity contribution in [2.24, 2.45) is 0 Å². The Labute approximate surface area is 483 Å². The third-order valence-electron chi connectivity index (χ3n) is 17.3. The summed E-state index contributed by atoms with van der Waals surface area (Å²) < 4.78 is 9.43. The number of fused-ring (bicyclic) bond motifs is 12. The molecular weight excluding hydrogens is 1020 g/mol. The summed E-state index contributed by atoms with van der Waals surface area (Å²) >= 11 is 0. The third-order valence-corrected chi connectivity index (χ3v) is 17.3. The van der Waals surface area contributed by atoms with Crippen molar-refractivity contribution in [2.45, 2.75) is 27.2 Å². The number of para-hydroxylation sites is 4. The number of rotatable bonds is 8. The maximum Gasteiger partial charge on any atom is 0.0991 e. The maximum atomic E-state index is 10.3. The predicted molar refractivity (Wildman–Crippen MR) is 343 cm³/mol. The van der Waals surface area contributed by atoms with Crippen molar-refractivity contribution in [2.75, 3.05) is 0 Å². The molecule has 0 unspecified atom stereocenters. The van der Waals surface area contributed by atoms with Crippen LogP contribution in [-0.4, -0.2) is 28.2 Å². The van der Waals surface area contributed by atoms with Gasteiger partial charge in [0.1, 0.15) is 0 Å². The first-order chi connectivity index (χ1) is 41.3. The molecule has 0 radical (unpaired) electrons. The first-order valence-corrected chi connectivity index (χ1v) is 28.3. The van der Waals surface area contributed by atoms with Crippen molar-refractivity contribution >= 4 is 87.2 Å². The Morgan fingerprint density at radius 3 is 1.24 bits per heavy atom. The monoisotopic (exact) mass is 1070 g/mol. The van der Waals surface area contributed by atoms with Gasteiger partial charge in [-0.2, -0.15) is 10.5 Å². The second-order valence-corrected chi connectivity index (χ2v) is 22.3. The average Bonchev–Trinajstić information content (AvgIpc) is 2.10. The molecule has 0 aliphatic carbocycles. The second kappa shape index (κ2) is 18.9. The summed E-state index contributed by atoms with van der Waals surface area (Å²) in [5, 5.41) is 29.8. The highest BCUT2D eigenvalue weighted by Gasteiger charge is 2.26. The highest BCUT2D eigenvalue weighted by molar-refractivity contribution is 6.14. The number of nitrogens with zero attached hydrogens (tertiary/aromatic N) is 8. The van der Waals surface area contributed by atoms with Crippen LogP contribution in [0.1, 0.15) is 38.9 Å². The summed E-state index contributed by atoms with van der Waals surface area (Å²) in [6, 6.07) is 80.3. The third kappa shape index (κ3) is 7.38. The molecule has 0 atom stereocenters. The standard InChI is InChI=1S/C76H50N8/c1-46-27-30-67-60(32-46)56-19-5-9-23-64(56)81(67)71-42-79-43-72(75(71)52-16-12-14-50(36-52)40-77)82-65-24-10-6-20-57(65)61-38-49(28-31-68(61)82)35-54-39-62-58-21-7-11-25-66(58)84(70(62)34-48(54)3)74-45-80-44-73(76(74)53-17-13-15-51(37-53)41-78)83-63-22-8-4-18-55(63)59-29-26-47(2)33-69(59)83/h4-34,36-39,42-45H,35H2,1-3H3. The van der Waals surface area contributed by atoms with Crippen molar-refractivity contribution in [3.8, 4) is 57.1 Å². The number of hydrogen-bond donors (Lipinski definition) is 0. The quantitative estimate of drug-likeness (QED) is 0.152. The van der Waals surface area contributed by atoms with E-state index in [9.17, 15) is 10.5 Å². The molecular formula is C76H50N8. The summed E-state index contributed by atoms with van der Waals surface area (Å²) in [4.78, 5) is 10.1. The van der Waals surface area contributed by atoms with Crippen molar-refractivity contribution in [1.29, 1.82) is 10.5 Å². The van der Waals surface area contributed by atoms with Crippen LogP contribution in [0.3, 0.4) is 0 Å². The molecule has 0 bridgehead atoms. The van der Waals surface area contributed by atoms with Crippen LogP contribution >= 0.6 is 0 Å². The molecule has 8 nitrogen and oxygen atoms in total. The number of benzene rings is 10. The van der Waals surface area contributed by atoms with Crippen LogP contribution in [0.2, 0.25) is 0 Å². The zero-order valence-corrected chi connectivity index (χ0v) is 46.3. The van der Waals surface area contributed by atoms with E-state index in [2.05, 4.69) is 227 Å². The lowest BCUT2D eigenvalue weighted by Gasteiger charge is -2.20. The normalized spacial score (nSPS) is 11.8. The minimum atomic E-state index is 0.591. The van der Waals surface area contributed by atoms with E-state index in [1.165, 1.54) is 49.4 Å². The number of aromatic nitrogens is 6. The molecule has 8 heteroatoms. The van der Waals surface area contributed by atoms with Crippen molar-refractivity contribution in [3.05, 3.63) is 276 Å². The summed E-state index contributed by atoms with van der Waals surface area (Å²) in [6.45, 7) is 6.51. The van der Waals surface area contributed by atoms with E-state index in [1.54, 1.807) is 0 Å². The van der Waals surface area contributed by atoms with Gasteiger partial charge in [-0.1, -0.05) is 127 Å². The molecule has 10 aromatic carbocycles. The molecule has 6 aromatic heterocycles. The molecule has 0 aliphatic heterocycles. The molecule has 6 heterocycles. The van der Waals surface area contributed by atoms with Gasteiger partial charge in [-0.05, 0) is 152 Å². The summed E-state index contributed by atoms with van der Waals surface area (Å²) in [6.07, 6.45) is 8.63. The van der Waals surface area contributed by atoms with Gasteiger partial charge >= 0.3 is 0 Å². The summed E-state index contributed by atoms with van der Waals surface area (Å²) in [5.41, 5.74) is 23.3. The SMILES string of the molecule is Cc1ccc2c(c1)c1ccccc1n2-c1cncc(-n2c3ccccc3c3cc(Cc4cc5c6ccccc6n(-c6cncc(-n7c8ccccc8c8ccc(C)cc87)c6-c6cccc(C#N)c6)c5cc4C)ccc32)c1-c1cccc(C#N)c1. The van der Waals surface area contributed by atoms with E-state index in [1.807, 2.05) is 61.2 Å². The number of nitriles is 2. The van der Waals surface area contributed by atoms with E-state index in [-0.39, 0.29) is 0 Å². The summed E-state index contributed by atoms with van der Waals surface area (Å²) in [7, 11) is 0.